The molecule has 140 valence electrons. The van der Waals surface area contributed by atoms with Crippen LogP contribution in [0.1, 0.15) is 52.4 Å². The molecule has 6 atom stereocenters. The highest BCUT2D eigenvalue weighted by Crippen LogP contribution is 2.60. The average molecular weight is 348 g/mol. The van der Waals surface area contributed by atoms with Crippen LogP contribution in [0.2, 0.25) is 0 Å². The summed E-state index contributed by atoms with van der Waals surface area (Å²) in [6.07, 6.45) is 8.63. The van der Waals surface area contributed by atoms with Crippen LogP contribution in [-0.2, 0) is 9.47 Å². The second-order valence-electron chi connectivity index (χ2n) is 9.57. The van der Waals surface area contributed by atoms with E-state index >= 15 is 0 Å². The smallest absolute Gasteiger partial charge is 0.191 e. The van der Waals surface area contributed by atoms with Crippen LogP contribution in [0.3, 0.4) is 0 Å². The summed E-state index contributed by atoms with van der Waals surface area (Å²) in [6, 6.07) is 0.994. The van der Waals surface area contributed by atoms with Gasteiger partial charge in [-0.05, 0) is 25.7 Å². The summed E-state index contributed by atoms with van der Waals surface area (Å²) in [5, 5.41) is 7.61. The second-order valence-corrected chi connectivity index (χ2v) is 9.57. The van der Waals surface area contributed by atoms with Gasteiger partial charge in [0.2, 0.25) is 0 Å². The molecule has 2 saturated heterocycles. The van der Waals surface area contributed by atoms with Gasteiger partial charge in [-0.2, -0.15) is 0 Å². The van der Waals surface area contributed by atoms with Crippen molar-refractivity contribution in [1.82, 2.24) is 10.6 Å². The van der Waals surface area contributed by atoms with Crippen molar-refractivity contribution in [2.75, 3.05) is 20.3 Å². The number of guanidine groups is 1. The molecule has 1 spiro atoms. The number of hydrogen-bond donors (Lipinski definition) is 2. The summed E-state index contributed by atoms with van der Waals surface area (Å²) >= 11 is 0. The Labute approximate surface area is 151 Å². The molecule has 2 aliphatic heterocycles. The predicted octanol–water partition coefficient (Wildman–Crippen LogP) is 2.31. The number of fused-ring (bicyclic) bond motifs is 3. The molecule has 2 N–H and O–H groups in total. The molecule has 3 aliphatic carbocycles. The van der Waals surface area contributed by atoms with Gasteiger partial charge in [0, 0.05) is 55.0 Å². The molecule has 5 fully saturated rings. The van der Waals surface area contributed by atoms with Crippen molar-refractivity contribution in [3.05, 3.63) is 0 Å². The summed E-state index contributed by atoms with van der Waals surface area (Å²) in [4.78, 5) is 4.59. The summed E-state index contributed by atoms with van der Waals surface area (Å²) in [5.41, 5.74) is 0.551. The zero-order chi connectivity index (χ0) is 17.2. The van der Waals surface area contributed by atoms with Gasteiger partial charge in [-0.3, -0.25) is 4.99 Å². The van der Waals surface area contributed by atoms with Crippen molar-refractivity contribution in [2.24, 2.45) is 27.7 Å². The minimum atomic E-state index is 0.183. The molecule has 3 saturated carbocycles. The molecule has 0 aromatic carbocycles. The first-order valence-corrected chi connectivity index (χ1v) is 10.3. The fraction of sp³-hybridized carbons (Fsp3) is 0.950. The highest BCUT2D eigenvalue weighted by Gasteiger charge is 2.65. The monoisotopic (exact) mass is 347 g/mol. The van der Waals surface area contributed by atoms with E-state index in [9.17, 15) is 0 Å². The van der Waals surface area contributed by atoms with E-state index in [1.165, 1.54) is 38.5 Å². The first-order chi connectivity index (χ1) is 12.1. The lowest BCUT2D eigenvalue weighted by Gasteiger charge is -2.58. The van der Waals surface area contributed by atoms with Crippen molar-refractivity contribution in [1.29, 1.82) is 0 Å². The highest BCUT2D eigenvalue weighted by atomic mass is 16.5. The third-order valence-electron chi connectivity index (χ3n) is 8.19. The molecule has 5 nitrogen and oxygen atoms in total. The maximum atomic E-state index is 6.12. The fourth-order valence-corrected chi connectivity index (χ4v) is 6.99. The first kappa shape index (κ1) is 16.4. The van der Waals surface area contributed by atoms with Crippen molar-refractivity contribution >= 4 is 5.96 Å². The van der Waals surface area contributed by atoms with Crippen LogP contribution in [0.4, 0.5) is 0 Å². The predicted molar refractivity (Wildman–Crippen MR) is 97.6 cm³/mol. The van der Waals surface area contributed by atoms with E-state index in [1.54, 1.807) is 0 Å². The molecule has 0 aromatic rings. The van der Waals surface area contributed by atoms with Crippen molar-refractivity contribution in [2.45, 2.75) is 76.7 Å². The van der Waals surface area contributed by atoms with Crippen LogP contribution in [-0.4, -0.2) is 50.5 Å². The lowest BCUT2D eigenvalue weighted by molar-refractivity contribution is -0.126. The third-order valence-corrected chi connectivity index (χ3v) is 8.19. The number of nitrogens with zero attached hydrogens (tertiary/aromatic N) is 1. The molecule has 0 aromatic heterocycles. The van der Waals surface area contributed by atoms with E-state index < -0.39 is 0 Å². The SMILES string of the molecule is CN=C(NC1C2CCOC2C1(C)C)NC1C2CCOC2C12CCCC2. The Balaban J connectivity index is 1.29. The fourth-order valence-electron chi connectivity index (χ4n) is 6.99. The van der Waals surface area contributed by atoms with Gasteiger partial charge < -0.3 is 20.1 Å². The normalized spacial score (nSPS) is 46.3. The molecular formula is C20H33N3O2. The lowest BCUT2D eigenvalue weighted by atomic mass is 9.54. The zero-order valence-corrected chi connectivity index (χ0v) is 15.9. The Bertz CT molecular complexity index is 569. The van der Waals surface area contributed by atoms with Gasteiger partial charge in [-0.1, -0.05) is 26.7 Å². The average Bonchev–Trinajstić information content (AvgIpc) is 3.33. The quantitative estimate of drug-likeness (QED) is 0.595. The largest absolute Gasteiger partial charge is 0.377 e. The Morgan fingerprint density at radius 3 is 2.20 bits per heavy atom. The molecule has 25 heavy (non-hydrogen) atoms. The van der Waals surface area contributed by atoms with E-state index in [0.717, 1.165) is 19.2 Å². The molecule has 0 bridgehead atoms. The van der Waals surface area contributed by atoms with Gasteiger partial charge >= 0.3 is 0 Å². The Kier molecular flexibility index (Phi) is 3.66. The van der Waals surface area contributed by atoms with E-state index in [4.69, 9.17) is 9.47 Å². The van der Waals surface area contributed by atoms with Crippen molar-refractivity contribution in [3.63, 3.8) is 0 Å². The van der Waals surface area contributed by atoms with E-state index in [0.29, 0.717) is 41.5 Å². The molecule has 5 rings (SSSR count). The molecule has 6 unspecified atom stereocenters. The van der Waals surface area contributed by atoms with E-state index in [-0.39, 0.29) is 5.41 Å². The van der Waals surface area contributed by atoms with Crippen LogP contribution in [0.15, 0.2) is 4.99 Å². The number of hydrogen-bond acceptors (Lipinski definition) is 3. The topological polar surface area (TPSA) is 54.9 Å². The van der Waals surface area contributed by atoms with Crippen LogP contribution in [0.5, 0.6) is 0 Å². The minimum Gasteiger partial charge on any atom is -0.377 e. The van der Waals surface area contributed by atoms with E-state index in [2.05, 4.69) is 29.5 Å². The molecule has 5 aliphatic rings. The summed E-state index contributed by atoms with van der Waals surface area (Å²) in [7, 11) is 1.91. The van der Waals surface area contributed by atoms with Gasteiger partial charge in [-0.15, -0.1) is 0 Å². The number of rotatable bonds is 2. The maximum absolute atomic E-state index is 6.12. The van der Waals surface area contributed by atoms with Crippen LogP contribution in [0.25, 0.3) is 0 Å². The second kappa shape index (κ2) is 5.59. The molecular weight excluding hydrogens is 314 g/mol. The molecule has 5 heteroatoms. The summed E-state index contributed by atoms with van der Waals surface area (Å²) in [5.74, 6) is 2.30. The van der Waals surface area contributed by atoms with Gasteiger partial charge in [0.15, 0.2) is 5.96 Å². The Morgan fingerprint density at radius 2 is 1.52 bits per heavy atom. The number of nitrogens with one attached hydrogen (secondary N) is 2. The molecule has 0 amide bonds. The minimum absolute atomic E-state index is 0.183. The number of ether oxygens (including phenoxy) is 2. The lowest BCUT2D eigenvalue weighted by Crippen LogP contribution is -2.72. The van der Waals surface area contributed by atoms with Gasteiger partial charge in [0.05, 0.1) is 12.2 Å². The third kappa shape index (κ3) is 2.11. The Morgan fingerprint density at radius 1 is 0.920 bits per heavy atom. The van der Waals surface area contributed by atoms with Crippen molar-refractivity contribution < 1.29 is 9.47 Å². The number of aliphatic imine (C=N–C) groups is 1. The van der Waals surface area contributed by atoms with Gasteiger partial charge in [0.1, 0.15) is 0 Å². The van der Waals surface area contributed by atoms with Gasteiger partial charge in [-0.25, -0.2) is 0 Å². The standard InChI is InChI=1S/C20H33N3O2/c1-19(2)14(12-6-10-24-16(12)19)22-18(21-3)23-15-13-7-11-25-17(13)20(15)8-4-5-9-20/h12-17H,4-11H2,1-3H3,(H2,21,22,23). The van der Waals surface area contributed by atoms with Crippen LogP contribution in [0, 0.1) is 22.7 Å². The maximum Gasteiger partial charge on any atom is 0.191 e. The van der Waals surface area contributed by atoms with Crippen LogP contribution < -0.4 is 10.6 Å². The molecule has 0 radical (unpaired) electrons. The molecule has 2 heterocycles. The van der Waals surface area contributed by atoms with Gasteiger partial charge in [0.25, 0.3) is 0 Å². The van der Waals surface area contributed by atoms with Crippen LogP contribution >= 0.6 is 0 Å². The van der Waals surface area contributed by atoms with Crippen molar-refractivity contribution in [3.8, 4) is 0 Å². The van der Waals surface area contributed by atoms with E-state index in [1.807, 2.05) is 7.05 Å². The Hall–Kier alpha value is -0.810. The first-order valence-electron chi connectivity index (χ1n) is 10.3. The summed E-state index contributed by atoms with van der Waals surface area (Å²) in [6.45, 7) is 6.51. The zero-order valence-electron chi connectivity index (χ0n) is 15.9. The highest BCUT2D eigenvalue weighted by molar-refractivity contribution is 5.81. The summed E-state index contributed by atoms with van der Waals surface area (Å²) < 4.78 is 12.1.